The summed E-state index contributed by atoms with van der Waals surface area (Å²) < 4.78 is 0. The lowest BCUT2D eigenvalue weighted by Crippen LogP contribution is -2.32. The van der Waals surface area contributed by atoms with Gasteiger partial charge in [0, 0.05) is 23.3 Å². The topological polar surface area (TPSA) is 52.5 Å². The minimum atomic E-state index is -0.287. The monoisotopic (exact) mass is 229 g/mol. The van der Waals surface area contributed by atoms with Gasteiger partial charge in [0.15, 0.2) is 0 Å². The number of thiazole rings is 1. The summed E-state index contributed by atoms with van der Waals surface area (Å²) in [6.07, 6.45) is 6.88. The molecule has 1 fully saturated rings. The zero-order valence-corrected chi connectivity index (χ0v) is 9.55. The summed E-state index contributed by atoms with van der Waals surface area (Å²) in [7, 11) is 0. The molecule has 2 aromatic rings. The van der Waals surface area contributed by atoms with E-state index in [9.17, 15) is 5.26 Å². The minimum absolute atomic E-state index is 0.287. The van der Waals surface area contributed by atoms with Crippen LogP contribution in [0.5, 0.6) is 0 Å². The molecule has 1 N–H and O–H groups in total. The Morgan fingerprint density at radius 1 is 1.50 bits per heavy atom. The molecular formula is C12H11N3S. The van der Waals surface area contributed by atoms with Crippen LogP contribution < -0.4 is 0 Å². The molecule has 0 saturated heterocycles. The first-order valence-corrected chi connectivity index (χ1v) is 6.22. The fourth-order valence-corrected chi connectivity index (χ4v) is 2.95. The standard InChI is InChI=1S/C12H11N3S/c13-8-12(3-1-4-12)10-7-16-11(15-10)9-2-5-14-6-9/h2,5-7,14H,1,3-4H2. The van der Waals surface area contributed by atoms with E-state index in [1.807, 2.05) is 23.8 Å². The number of nitrogens with one attached hydrogen (secondary N) is 1. The Morgan fingerprint density at radius 2 is 2.38 bits per heavy atom. The predicted molar refractivity (Wildman–Crippen MR) is 63.0 cm³/mol. The molecule has 0 spiro atoms. The Bertz CT molecular complexity index is 529. The fourth-order valence-electron chi connectivity index (χ4n) is 2.04. The van der Waals surface area contributed by atoms with Crippen LogP contribution in [0.4, 0.5) is 0 Å². The van der Waals surface area contributed by atoms with Gasteiger partial charge in [0.1, 0.15) is 10.4 Å². The quantitative estimate of drug-likeness (QED) is 0.860. The second-order valence-corrected chi connectivity index (χ2v) is 5.04. The molecule has 0 atom stereocenters. The number of hydrogen-bond acceptors (Lipinski definition) is 3. The highest BCUT2D eigenvalue weighted by Crippen LogP contribution is 2.44. The van der Waals surface area contributed by atoms with E-state index in [4.69, 9.17) is 0 Å². The molecule has 4 heteroatoms. The molecule has 2 aromatic heterocycles. The molecule has 16 heavy (non-hydrogen) atoms. The van der Waals surface area contributed by atoms with Crippen LogP contribution in [-0.2, 0) is 5.41 Å². The number of H-pyrrole nitrogens is 1. The average molecular weight is 229 g/mol. The molecule has 0 amide bonds. The van der Waals surface area contributed by atoms with Crippen molar-refractivity contribution in [3.63, 3.8) is 0 Å². The molecule has 0 bridgehead atoms. The lowest BCUT2D eigenvalue weighted by atomic mass is 9.68. The third-order valence-corrected chi connectivity index (χ3v) is 4.15. The first-order chi connectivity index (χ1) is 7.84. The normalized spacial score (nSPS) is 17.7. The number of aromatic amines is 1. The highest BCUT2D eigenvalue weighted by atomic mass is 32.1. The van der Waals surface area contributed by atoms with Crippen molar-refractivity contribution in [1.29, 1.82) is 5.26 Å². The smallest absolute Gasteiger partial charge is 0.125 e. The summed E-state index contributed by atoms with van der Waals surface area (Å²) in [6, 6.07) is 4.43. The Kier molecular flexibility index (Phi) is 2.08. The van der Waals surface area contributed by atoms with Crippen LogP contribution in [0.25, 0.3) is 10.6 Å². The summed E-state index contributed by atoms with van der Waals surface area (Å²) in [5.41, 5.74) is 1.77. The van der Waals surface area contributed by atoms with Gasteiger partial charge in [0.05, 0.1) is 11.8 Å². The molecule has 1 saturated carbocycles. The van der Waals surface area contributed by atoms with Crippen molar-refractivity contribution >= 4 is 11.3 Å². The maximum absolute atomic E-state index is 9.24. The maximum atomic E-state index is 9.24. The van der Waals surface area contributed by atoms with Crippen LogP contribution in [0.15, 0.2) is 23.8 Å². The van der Waals surface area contributed by atoms with E-state index in [0.717, 1.165) is 35.5 Å². The van der Waals surface area contributed by atoms with Crippen LogP contribution in [0, 0.1) is 11.3 Å². The summed E-state index contributed by atoms with van der Waals surface area (Å²) >= 11 is 1.62. The van der Waals surface area contributed by atoms with E-state index in [1.54, 1.807) is 11.3 Å². The van der Waals surface area contributed by atoms with Gasteiger partial charge in [-0.2, -0.15) is 5.26 Å². The highest BCUT2D eigenvalue weighted by molar-refractivity contribution is 7.13. The van der Waals surface area contributed by atoms with Crippen molar-refractivity contribution in [1.82, 2.24) is 9.97 Å². The van der Waals surface area contributed by atoms with E-state index in [1.165, 1.54) is 0 Å². The first-order valence-electron chi connectivity index (χ1n) is 5.34. The minimum Gasteiger partial charge on any atom is -0.367 e. The zero-order chi connectivity index (χ0) is 11.0. The van der Waals surface area contributed by atoms with Crippen molar-refractivity contribution in [3.05, 3.63) is 29.5 Å². The highest BCUT2D eigenvalue weighted by Gasteiger charge is 2.41. The van der Waals surface area contributed by atoms with E-state index >= 15 is 0 Å². The van der Waals surface area contributed by atoms with Crippen LogP contribution in [-0.4, -0.2) is 9.97 Å². The number of nitrogens with zero attached hydrogens (tertiary/aromatic N) is 2. The lowest BCUT2D eigenvalue weighted by molar-refractivity contribution is 0.317. The number of rotatable bonds is 2. The summed E-state index contributed by atoms with van der Waals surface area (Å²) in [5.74, 6) is 0. The van der Waals surface area contributed by atoms with Gasteiger partial charge in [-0.25, -0.2) is 4.98 Å². The second-order valence-electron chi connectivity index (χ2n) is 4.19. The van der Waals surface area contributed by atoms with Gasteiger partial charge in [-0.1, -0.05) is 0 Å². The van der Waals surface area contributed by atoms with Crippen molar-refractivity contribution in [3.8, 4) is 16.6 Å². The Hall–Kier alpha value is -1.60. The number of hydrogen-bond donors (Lipinski definition) is 1. The Morgan fingerprint density at radius 3 is 2.94 bits per heavy atom. The third kappa shape index (κ3) is 1.29. The van der Waals surface area contributed by atoms with Gasteiger partial charge < -0.3 is 4.98 Å². The molecule has 80 valence electrons. The SMILES string of the molecule is N#CC1(c2csc(-c3cc[nH]c3)n2)CCC1. The summed E-state index contributed by atoms with van der Waals surface area (Å²) in [5, 5.41) is 12.3. The van der Waals surface area contributed by atoms with Crippen LogP contribution in [0.1, 0.15) is 25.0 Å². The molecule has 1 aliphatic carbocycles. The van der Waals surface area contributed by atoms with Gasteiger partial charge in [-0.15, -0.1) is 11.3 Å². The molecule has 2 heterocycles. The second kappa shape index (κ2) is 3.46. The van der Waals surface area contributed by atoms with Crippen molar-refractivity contribution in [2.75, 3.05) is 0 Å². The van der Waals surface area contributed by atoms with Gasteiger partial charge in [0.2, 0.25) is 0 Å². The number of aromatic nitrogens is 2. The molecular weight excluding hydrogens is 218 g/mol. The molecule has 0 unspecified atom stereocenters. The Labute approximate surface area is 97.8 Å². The van der Waals surface area contributed by atoms with Crippen LogP contribution in [0.2, 0.25) is 0 Å². The molecule has 0 aromatic carbocycles. The fraction of sp³-hybridized carbons (Fsp3) is 0.333. The van der Waals surface area contributed by atoms with Crippen LogP contribution in [0.3, 0.4) is 0 Å². The van der Waals surface area contributed by atoms with Crippen molar-refractivity contribution in [2.24, 2.45) is 0 Å². The van der Waals surface area contributed by atoms with Gasteiger partial charge >= 0.3 is 0 Å². The summed E-state index contributed by atoms with van der Waals surface area (Å²) in [4.78, 5) is 7.61. The summed E-state index contributed by atoms with van der Waals surface area (Å²) in [6.45, 7) is 0. The predicted octanol–water partition coefficient (Wildman–Crippen LogP) is 3.08. The molecule has 3 nitrogen and oxygen atoms in total. The van der Waals surface area contributed by atoms with E-state index in [2.05, 4.69) is 16.0 Å². The van der Waals surface area contributed by atoms with Gasteiger partial charge in [-0.3, -0.25) is 0 Å². The molecule has 0 radical (unpaired) electrons. The molecule has 1 aliphatic rings. The van der Waals surface area contributed by atoms with Crippen LogP contribution >= 0.6 is 11.3 Å². The van der Waals surface area contributed by atoms with Crippen molar-refractivity contribution in [2.45, 2.75) is 24.7 Å². The van der Waals surface area contributed by atoms with E-state index < -0.39 is 0 Å². The molecule has 0 aliphatic heterocycles. The lowest BCUT2D eigenvalue weighted by Gasteiger charge is -2.33. The van der Waals surface area contributed by atoms with Crippen molar-refractivity contribution < 1.29 is 0 Å². The largest absolute Gasteiger partial charge is 0.367 e. The third-order valence-electron chi connectivity index (χ3n) is 3.26. The number of nitriles is 1. The Balaban J connectivity index is 1.97. The molecule has 3 rings (SSSR count). The van der Waals surface area contributed by atoms with Gasteiger partial charge in [0.25, 0.3) is 0 Å². The maximum Gasteiger partial charge on any atom is 0.125 e. The zero-order valence-electron chi connectivity index (χ0n) is 8.73. The average Bonchev–Trinajstić information content (AvgIpc) is 2.86. The van der Waals surface area contributed by atoms with E-state index in [-0.39, 0.29) is 5.41 Å². The van der Waals surface area contributed by atoms with E-state index in [0.29, 0.717) is 0 Å². The van der Waals surface area contributed by atoms with Gasteiger partial charge in [-0.05, 0) is 25.3 Å². The first kappa shape index (κ1) is 9.61.